The molecule has 5 nitrogen and oxygen atoms in total. The van der Waals surface area contributed by atoms with Gasteiger partial charge in [-0.15, -0.1) is 0 Å². The van der Waals surface area contributed by atoms with E-state index in [4.69, 9.17) is 4.74 Å². The Labute approximate surface area is 134 Å². The van der Waals surface area contributed by atoms with Crippen LogP contribution in [0.1, 0.15) is 58.8 Å². The van der Waals surface area contributed by atoms with Gasteiger partial charge in [-0.3, -0.25) is 4.79 Å². The molecule has 0 amide bonds. The summed E-state index contributed by atoms with van der Waals surface area (Å²) in [5.41, 5.74) is 0. The summed E-state index contributed by atoms with van der Waals surface area (Å²) in [5, 5.41) is 0. The highest BCUT2D eigenvalue weighted by Crippen LogP contribution is 2.31. The number of hydrogen-bond donors (Lipinski definition) is 0. The van der Waals surface area contributed by atoms with E-state index in [0.29, 0.717) is 31.8 Å². The lowest BCUT2D eigenvalue weighted by atomic mass is 9.84. The number of ether oxygens (including phenoxy) is 1. The molecule has 128 valence electrons. The van der Waals surface area contributed by atoms with Crippen molar-refractivity contribution in [1.29, 1.82) is 0 Å². The SMILES string of the molecule is CC[C@H]1CCCC[C@H]1OC(=O)C1CCN(S(=O)(=O)CC)CC1. The Morgan fingerprint density at radius 1 is 1.09 bits per heavy atom. The van der Waals surface area contributed by atoms with E-state index in [1.165, 1.54) is 10.7 Å². The van der Waals surface area contributed by atoms with Gasteiger partial charge >= 0.3 is 5.97 Å². The van der Waals surface area contributed by atoms with Crippen LogP contribution in [0, 0.1) is 11.8 Å². The van der Waals surface area contributed by atoms with Crippen LogP contribution in [-0.2, 0) is 19.6 Å². The molecule has 0 aromatic carbocycles. The zero-order valence-corrected chi connectivity index (χ0v) is 14.6. The molecule has 0 spiro atoms. The first-order valence-electron chi connectivity index (χ1n) is 8.66. The average Bonchev–Trinajstić information content (AvgIpc) is 2.55. The third-order valence-electron chi connectivity index (χ3n) is 5.18. The molecule has 1 aliphatic carbocycles. The molecule has 2 rings (SSSR count). The zero-order valence-electron chi connectivity index (χ0n) is 13.8. The van der Waals surface area contributed by atoms with Crippen molar-refractivity contribution in [3.8, 4) is 0 Å². The summed E-state index contributed by atoms with van der Waals surface area (Å²) in [7, 11) is -3.13. The third kappa shape index (κ3) is 4.22. The van der Waals surface area contributed by atoms with Crippen LogP contribution in [0.3, 0.4) is 0 Å². The summed E-state index contributed by atoms with van der Waals surface area (Å²) in [6.45, 7) is 4.70. The Morgan fingerprint density at radius 2 is 1.73 bits per heavy atom. The number of carbonyl (C=O) groups excluding carboxylic acids is 1. The maximum atomic E-state index is 12.4. The smallest absolute Gasteiger partial charge is 0.309 e. The molecule has 22 heavy (non-hydrogen) atoms. The highest BCUT2D eigenvalue weighted by molar-refractivity contribution is 7.89. The minimum absolute atomic E-state index is 0.0728. The zero-order chi connectivity index (χ0) is 16.2. The van der Waals surface area contributed by atoms with Crippen molar-refractivity contribution < 1.29 is 17.9 Å². The first-order valence-corrected chi connectivity index (χ1v) is 10.3. The van der Waals surface area contributed by atoms with Crippen molar-refractivity contribution in [1.82, 2.24) is 4.31 Å². The van der Waals surface area contributed by atoms with Crippen LogP contribution >= 0.6 is 0 Å². The van der Waals surface area contributed by atoms with E-state index < -0.39 is 10.0 Å². The molecule has 2 atom stereocenters. The first kappa shape index (κ1) is 17.7. The number of carbonyl (C=O) groups is 1. The molecule has 1 saturated heterocycles. The number of rotatable bonds is 5. The number of esters is 1. The van der Waals surface area contributed by atoms with Gasteiger partial charge in [0.15, 0.2) is 0 Å². The van der Waals surface area contributed by atoms with Gasteiger partial charge in [-0.05, 0) is 51.4 Å². The second-order valence-corrected chi connectivity index (χ2v) is 8.76. The molecule has 0 radical (unpaired) electrons. The fourth-order valence-corrected chi connectivity index (χ4v) is 4.73. The van der Waals surface area contributed by atoms with Crippen LogP contribution in [0.15, 0.2) is 0 Å². The van der Waals surface area contributed by atoms with E-state index in [1.807, 2.05) is 0 Å². The van der Waals surface area contributed by atoms with Gasteiger partial charge in [0.05, 0.1) is 11.7 Å². The first-order chi connectivity index (χ1) is 10.5. The van der Waals surface area contributed by atoms with Crippen LogP contribution in [0.5, 0.6) is 0 Å². The van der Waals surface area contributed by atoms with Crippen molar-refractivity contribution in [2.75, 3.05) is 18.8 Å². The molecule has 0 aromatic rings. The Balaban J connectivity index is 1.84. The number of nitrogens with zero attached hydrogens (tertiary/aromatic N) is 1. The normalized spacial score (nSPS) is 28.5. The Morgan fingerprint density at radius 3 is 2.32 bits per heavy atom. The fraction of sp³-hybridized carbons (Fsp3) is 0.938. The molecule has 1 aliphatic heterocycles. The summed E-state index contributed by atoms with van der Waals surface area (Å²) < 4.78 is 31.0. The monoisotopic (exact) mass is 331 g/mol. The van der Waals surface area contributed by atoms with Gasteiger partial charge in [-0.2, -0.15) is 0 Å². The summed E-state index contributed by atoms with van der Waals surface area (Å²) in [6.07, 6.45) is 6.81. The van der Waals surface area contributed by atoms with Crippen molar-refractivity contribution in [2.24, 2.45) is 11.8 Å². The summed E-state index contributed by atoms with van der Waals surface area (Å²) in [5.74, 6) is 0.377. The van der Waals surface area contributed by atoms with E-state index in [-0.39, 0.29) is 23.7 Å². The maximum absolute atomic E-state index is 12.4. The van der Waals surface area contributed by atoms with Crippen LogP contribution < -0.4 is 0 Å². The van der Waals surface area contributed by atoms with Crippen LogP contribution in [0.2, 0.25) is 0 Å². The van der Waals surface area contributed by atoms with Crippen LogP contribution in [0.4, 0.5) is 0 Å². The van der Waals surface area contributed by atoms with Gasteiger partial charge in [0, 0.05) is 13.1 Å². The molecule has 0 unspecified atom stereocenters. The summed E-state index contributed by atoms with van der Waals surface area (Å²) >= 11 is 0. The molecular weight excluding hydrogens is 302 g/mol. The molecule has 0 N–H and O–H groups in total. The molecule has 2 aliphatic rings. The molecule has 6 heteroatoms. The van der Waals surface area contributed by atoms with Gasteiger partial charge in [0.1, 0.15) is 6.10 Å². The second kappa shape index (κ2) is 7.77. The Kier molecular flexibility index (Phi) is 6.26. The number of hydrogen-bond acceptors (Lipinski definition) is 4. The summed E-state index contributed by atoms with van der Waals surface area (Å²) in [4.78, 5) is 12.4. The topological polar surface area (TPSA) is 63.7 Å². The standard InChI is InChI=1S/C16H29NO4S/c1-3-13-7-5-6-8-15(13)21-16(18)14-9-11-17(12-10-14)22(19,20)4-2/h13-15H,3-12H2,1-2H3/t13-,15+/m0/s1. The van der Waals surface area contributed by atoms with E-state index in [0.717, 1.165) is 25.7 Å². The predicted octanol–water partition coefficient (Wildman–Crippen LogP) is 2.56. The van der Waals surface area contributed by atoms with Crippen molar-refractivity contribution in [3.63, 3.8) is 0 Å². The largest absolute Gasteiger partial charge is 0.462 e. The minimum atomic E-state index is -3.13. The van der Waals surface area contributed by atoms with Crippen LogP contribution in [0.25, 0.3) is 0 Å². The van der Waals surface area contributed by atoms with E-state index in [2.05, 4.69) is 6.92 Å². The average molecular weight is 331 g/mol. The van der Waals surface area contributed by atoms with E-state index in [1.54, 1.807) is 6.92 Å². The second-order valence-electron chi connectivity index (χ2n) is 6.50. The summed E-state index contributed by atoms with van der Waals surface area (Å²) in [6, 6.07) is 0. The van der Waals surface area contributed by atoms with Gasteiger partial charge in [0.25, 0.3) is 0 Å². The predicted molar refractivity (Wildman–Crippen MR) is 85.9 cm³/mol. The quantitative estimate of drug-likeness (QED) is 0.726. The lowest BCUT2D eigenvalue weighted by molar-refractivity contribution is -0.160. The Hall–Kier alpha value is -0.620. The van der Waals surface area contributed by atoms with Crippen molar-refractivity contribution in [3.05, 3.63) is 0 Å². The molecule has 0 bridgehead atoms. The maximum Gasteiger partial charge on any atom is 0.309 e. The third-order valence-corrected chi connectivity index (χ3v) is 7.06. The molecule has 1 saturated carbocycles. The lowest BCUT2D eigenvalue weighted by Crippen LogP contribution is -2.42. The lowest BCUT2D eigenvalue weighted by Gasteiger charge is -2.34. The number of piperidine rings is 1. The van der Waals surface area contributed by atoms with Gasteiger partial charge < -0.3 is 4.74 Å². The molecule has 0 aromatic heterocycles. The minimum Gasteiger partial charge on any atom is -0.462 e. The highest BCUT2D eigenvalue weighted by atomic mass is 32.2. The molecule has 2 fully saturated rings. The fourth-order valence-electron chi connectivity index (χ4n) is 3.59. The van der Waals surface area contributed by atoms with Gasteiger partial charge in [0.2, 0.25) is 10.0 Å². The van der Waals surface area contributed by atoms with Crippen LogP contribution in [-0.4, -0.2) is 43.6 Å². The van der Waals surface area contributed by atoms with Crippen molar-refractivity contribution >= 4 is 16.0 Å². The van der Waals surface area contributed by atoms with Crippen molar-refractivity contribution in [2.45, 2.75) is 64.9 Å². The van der Waals surface area contributed by atoms with E-state index in [9.17, 15) is 13.2 Å². The van der Waals surface area contributed by atoms with E-state index >= 15 is 0 Å². The Bertz CT molecular complexity index is 469. The van der Waals surface area contributed by atoms with Gasteiger partial charge in [-0.25, -0.2) is 12.7 Å². The van der Waals surface area contributed by atoms with Gasteiger partial charge in [-0.1, -0.05) is 13.3 Å². The number of sulfonamides is 1. The molecular formula is C16H29NO4S. The molecule has 1 heterocycles. The highest BCUT2D eigenvalue weighted by Gasteiger charge is 2.34.